The van der Waals surface area contributed by atoms with Crippen molar-refractivity contribution in [3.05, 3.63) is 95.1 Å². The van der Waals surface area contributed by atoms with Crippen molar-refractivity contribution < 1.29 is 9.90 Å². The predicted molar refractivity (Wildman–Crippen MR) is 118 cm³/mol. The highest BCUT2D eigenvalue weighted by atomic mass is 35.5. The van der Waals surface area contributed by atoms with E-state index in [1.54, 1.807) is 0 Å². The molecule has 0 spiro atoms. The van der Waals surface area contributed by atoms with Crippen molar-refractivity contribution in [2.45, 2.75) is 13.0 Å². The summed E-state index contributed by atoms with van der Waals surface area (Å²) in [5.74, 6) is -0.820. The van der Waals surface area contributed by atoms with Gasteiger partial charge in [-0.2, -0.15) is 0 Å². The number of fused-ring (bicyclic) bond motifs is 1. The third-order valence-corrected chi connectivity index (χ3v) is 5.33. The second-order valence-corrected chi connectivity index (χ2v) is 7.51. The Morgan fingerprint density at radius 1 is 1.00 bits per heavy atom. The number of aliphatic carboxylic acids is 1. The largest absolute Gasteiger partial charge is 0.481 e. The van der Waals surface area contributed by atoms with Gasteiger partial charge in [-0.15, -0.1) is 0 Å². The summed E-state index contributed by atoms with van der Waals surface area (Å²) in [6.45, 7) is 0.669. The summed E-state index contributed by atoms with van der Waals surface area (Å²) >= 11 is 6.00. The minimum absolute atomic E-state index is 0.0207. The molecule has 0 aliphatic rings. The van der Waals surface area contributed by atoms with Crippen molar-refractivity contribution >= 4 is 39.8 Å². The zero-order chi connectivity index (χ0) is 20.4. The predicted octanol–water partition coefficient (Wildman–Crippen LogP) is 5.74. The maximum Gasteiger partial charge on any atom is 0.307 e. The van der Waals surface area contributed by atoms with Gasteiger partial charge in [-0.25, -0.2) is 0 Å². The quantitative estimate of drug-likeness (QED) is 0.445. The molecule has 3 aromatic carbocycles. The average molecular weight is 405 g/mol. The molecule has 0 radical (unpaired) electrons. The number of carboxylic acids is 1. The molecule has 0 saturated heterocycles. The van der Waals surface area contributed by atoms with Crippen LogP contribution in [0.15, 0.2) is 79.0 Å². The number of halogens is 1. The van der Waals surface area contributed by atoms with E-state index in [4.69, 9.17) is 11.6 Å². The van der Waals surface area contributed by atoms with Gasteiger partial charge in [0.15, 0.2) is 0 Å². The lowest BCUT2D eigenvalue weighted by Gasteiger charge is -2.20. The van der Waals surface area contributed by atoms with E-state index >= 15 is 0 Å². The fraction of sp³-hybridized carbons (Fsp3) is 0.125. The van der Waals surface area contributed by atoms with Crippen molar-refractivity contribution in [3.63, 3.8) is 0 Å². The third kappa shape index (κ3) is 4.13. The summed E-state index contributed by atoms with van der Waals surface area (Å²) in [7, 11) is 2.03. The molecule has 4 aromatic rings. The Morgan fingerprint density at radius 2 is 1.76 bits per heavy atom. The van der Waals surface area contributed by atoms with Gasteiger partial charge in [0.2, 0.25) is 0 Å². The number of rotatable bonds is 6. The molecule has 0 atom stereocenters. The zero-order valence-corrected chi connectivity index (χ0v) is 16.8. The van der Waals surface area contributed by atoms with E-state index in [0.717, 1.165) is 33.4 Å². The monoisotopic (exact) mass is 404 g/mol. The Hall–Kier alpha value is -3.24. The molecule has 5 heteroatoms. The number of nitrogens with zero attached hydrogens (tertiary/aromatic N) is 2. The fourth-order valence-electron chi connectivity index (χ4n) is 3.63. The van der Waals surface area contributed by atoms with E-state index in [1.165, 1.54) is 0 Å². The zero-order valence-electron chi connectivity index (χ0n) is 16.0. The van der Waals surface area contributed by atoms with Crippen LogP contribution in [0, 0.1) is 0 Å². The molecule has 146 valence electrons. The van der Waals surface area contributed by atoms with Crippen molar-refractivity contribution in [3.8, 4) is 0 Å². The molecule has 4 nitrogen and oxygen atoms in total. The summed E-state index contributed by atoms with van der Waals surface area (Å²) in [6, 6.07) is 24.0. The van der Waals surface area contributed by atoms with Gasteiger partial charge in [-0.3, -0.25) is 4.79 Å². The van der Waals surface area contributed by atoms with Crippen molar-refractivity contribution in [1.82, 2.24) is 4.57 Å². The molecular weight excluding hydrogens is 384 g/mol. The van der Waals surface area contributed by atoms with Crippen LogP contribution in [0.1, 0.15) is 11.1 Å². The molecule has 0 bridgehead atoms. The maximum atomic E-state index is 11.2. The summed E-state index contributed by atoms with van der Waals surface area (Å²) < 4.78 is 2.12. The van der Waals surface area contributed by atoms with E-state index in [9.17, 15) is 9.90 Å². The van der Waals surface area contributed by atoms with Gasteiger partial charge in [0.1, 0.15) is 0 Å². The first-order chi connectivity index (χ1) is 14.0. The van der Waals surface area contributed by atoms with Gasteiger partial charge in [0, 0.05) is 47.1 Å². The first-order valence-corrected chi connectivity index (χ1v) is 9.76. The lowest BCUT2D eigenvalue weighted by molar-refractivity contribution is -0.136. The fourth-order valence-corrected chi connectivity index (χ4v) is 3.76. The first kappa shape index (κ1) is 19.1. The summed E-state index contributed by atoms with van der Waals surface area (Å²) in [5, 5.41) is 10.9. The van der Waals surface area contributed by atoms with Crippen LogP contribution in [-0.2, 0) is 17.8 Å². The SMILES string of the molecule is CN(c1ccc(Cl)cc1)c1cccc(Cn2cc(CC(=O)O)c3ccccc32)c1. The maximum absolute atomic E-state index is 11.2. The van der Waals surface area contributed by atoms with E-state index in [-0.39, 0.29) is 6.42 Å². The molecule has 29 heavy (non-hydrogen) atoms. The van der Waals surface area contributed by atoms with E-state index in [2.05, 4.69) is 27.7 Å². The molecule has 0 aliphatic carbocycles. The molecule has 0 unspecified atom stereocenters. The Labute approximate surface area is 174 Å². The van der Waals surface area contributed by atoms with Gasteiger partial charge in [-0.05, 0) is 53.6 Å². The number of carbonyl (C=O) groups is 1. The van der Waals surface area contributed by atoms with Crippen molar-refractivity contribution in [1.29, 1.82) is 0 Å². The van der Waals surface area contributed by atoms with Gasteiger partial charge in [0.25, 0.3) is 0 Å². The second kappa shape index (κ2) is 8.02. The summed E-state index contributed by atoms with van der Waals surface area (Å²) in [4.78, 5) is 13.3. The molecule has 1 heterocycles. The number of benzene rings is 3. The number of hydrogen-bond acceptors (Lipinski definition) is 2. The number of anilines is 2. The highest BCUT2D eigenvalue weighted by Crippen LogP contribution is 2.27. The number of carboxylic acid groups (broad SMARTS) is 1. The number of hydrogen-bond donors (Lipinski definition) is 1. The van der Waals surface area contributed by atoms with Gasteiger partial charge < -0.3 is 14.6 Å². The van der Waals surface area contributed by atoms with Crippen LogP contribution in [0.3, 0.4) is 0 Å². The number of aromatic nitrogens is 1. The van der Waals surface area contributed by atoms with E-state index in [0.29, 0.717) is 11.6 Å². The van der Waals surface area contributed by atoms with Crippen LogP contribution in [0.2, 0.25) is 5.02 Å². The molecule has 0 amide bonds. The molecular formula is C24H21ClN2O2. The molecule has 1 N–H and O–H groups in total. The number of para-hydroxylation sites is 1. The van der Waals surface area contributed by atoms with Gasteiger partial charge in [0.05, 0.1) is 6.42 Å². The third-order valence-electron chi connectivity index (χ3n) is 5.08. The lowest BCUT2D eigenvalue weighted by atomic mass is 10.1. The van der Waals surface area contributed by atoms with Gasteiger partial charge in [-0.1, -0.05) is 41.9 Å². The van der Waals surface area contributed by atoms with Crippen LogP contribution in [0.5, 0.6) is 0 Å². The first-order valence-electron chi connectivity index (χ1n) is 9.38. The summed E-state index contributed by atoms with van der Waals surface area (Å²) in [6.07, 6.45) is 1.97. The van der Waals surface area contributed by atoms with E-state index in [1.807, 2.05) is 67.8 Å². The standard InChI is InChI=1S/C24H21ClN2O2/c1-26(20-11-9-19(25)10-12-20)21-6-4-5-17(13-21)15-27-16-18(14-24(28)29)22-7-2-3-8-23(22)27/h2-13,16H,14-15H2,1H3,(H,28,29). The normalized spacial score (nSPS) is 11.0. The van der Waals surface area contributed by atoms with Gasteiger partial charge >= 0.3 is 5.97 Å². The minimum Gasteiger partial charge on any atom is -0.481 e. The van der Waals surface area contributed by atoms with Crippen LogP contribution >= 0.6 is 11.6 Å². The second-order valence-electron chi connectivity index (χ2n) is 7.08. The van der Waals surface area contributed by atoms with Crippen LogP contribution in [0.25, 0.3) is 10.9 Å². The smallest absolute Gasteiger partial charge is 0.307 e. The molecule has 4 rings (SSSR count). The molecule has 0 saturated carbocycles. The van der Waals surface area contributed by atoms with Crippen LogP contribution in [-0.4, -0.2) is 22.7 Å². The Kier molecular flexibility index (Phi) is 5.28. The average Bonchev–Trinajstić information content (AvgIpc) is 3.05. The molecule has 0 aliphatic heterocycles. The Morgan fingerprint density at radius 3 is 2.52 bits per heavy atom. The Bertz CT molecular complexity index is 1170. The highest BCUT2D eigenvalue weighted by molar-refractivity contribution is 6.30. The van der Waals surface area contributed by atoms with E-state index < -0.39 is 5.97 Å². The highest BCUT2D eigenvalue weighted by Gasteiger charge is 2.12. The summed E-state index contributed by atoms with van der Waals surface area (Å²) in [5.41, 5.74) is 5.16. The van der Waals surface area contributed by atoms with Crippen molar-refractivity contribution in [2.24, 2.45) is 0 Å². The Balaban J connectivity index is 1.65. The molecule has 0 fully saturated rings. The topological polar surface area (TPSA) is 45.5 Å². The van der Waals surface area contributed by atoms with Crippen LogP contribution < -0.4 is 4.90 Å². The van der Waals surface area contributed by atoms with Crippen LogP contribution in [0.4, 0.5) is 11.4 Å². The lowest BCUT2D eigenvalue weighted by Crippen LogP contribution is -2.10. The molecule has 1 aromatic heterocycles. The minimum atomic E-state index is -0.820. The van der Waals surface area contributed by atoms with Crippen molar-refractivity contribution in [2.75, 3.05) is 11.9 Å².